The maximum Gasteiger partial charge on any atom is 0.189 e. The van der Waals surface area contributed by atoms with Crippen LogP contribution in [0.1, 0.15) is 21.5 Å². The average Bonchev–Trinajstić information content (AvgIpc) is 2.87. The number of carbonyl (C=O) groups is 1. The molecule has 0 saturated heterocycles. The van der Waals surface area contributed by atoms with Gasteiger partial charge in [-0.15, -0.1) is 0 Å². The first-order chi connectivity index (χ1) is 17.3. The van der Waals surface area contributed by atoms with Crippen molar-refractivity contribution in [2.24, 2.45) is 0 Å². The third kappa shape index (κ3) is 6.97. The molecule has 0 aromatic heterocycles. The van der Waals surface area contributed by atoms with Crippen LogP contribution in [0, 0.1) is 0 Å². The molecule has 0 heterocycles. The van der Waals surface area contributed by atoms with E-state index >= 15 is 0 Å². The van der Waals surface area contributed by atoms with Crippen LogP contribution in [0.4, 0.5) is 0 Å². The summed E-state index contributed by atoms with van der Waals surface area (Å²) in [4.78, 5) is 17.7. The van der Waals surface area contributed by atoms with Crippen molar-refractivity contribution < 1.29 is 19.0 Å². The molecule has 0 spiro atoms. The molecule has 0 aliphatic heterocycles. The highest BCUT2D eigenvalue weighted by molar-refractivity contribution is 6.09. The largest absolute Gasteiger partial charge is 0.496 e. The van der Waals surface area contributed by atoms with Gasteiger partial charge in [-0.3, -0.25) is 4.79 Å². The smallest absolute Gasteiger partial charge is 0.189 e. The summed E-state index contributed by atoms with van der Waals surface area (Å²) in [7, 11) is 11.3. The number of likely N-dealkylation sites (N-methyl/N-ethyl adjacent to an activating group) is 1. The number of benzene rings is 3. The number of ether oxygens (including phenoxy) is 3. The van der Waals surface area contributed by atoms with Gasteiger partial charge in [-0.25, -0.2) is 0 Å². The van der Waals surface area contributed by atoms with Crippen LogP contribution in [-0.2, 0) is 6.54 Å². The summed E-state index contributed by atoms with van der Waals surface area (Å²) in [6.07, 6.45) is 3.49. The maximum atomic E-state index is 13.5. The summed E-state index contributed by atoms with van der Waals surface area (Å²) in [6.45, 7) is 2.00. The Kier molecular flexibility index (Phi) is 9.68. The summed E-state index contributed by atoms with van der Waals surface area (Å²) in [6, 6.07) is 19.3. The first-order valence-corrected chi connectivity index (χ1v) is 11.9. The third-order valence-electron chi connectivity index (χ3n) is 5.71. The van der Waals surface area contributed by atoms with Crippen LogP contribution in [0.5, 0.6) is 17.2 Å². The summed E-state index contributed by atoms with van der Waals surface area (Å²) < 4.78 is 17.2. The Bertz CT molecular complexity index is 1180. The highest BCUT2D eigenvalue weighted by Crippen LogP contribution is 2.40. The van der Waals surface area contributed by atoms with Gasteiger partial charge in [0.2, 0.25) is 0 Å². The molecule has 3 aromatic carbocycles. The number of nitrogens with zero attached hydrogens (tertiary/aromatic N) is 2. The van der Waals surface area contributed by atoms with Crippen LogP contribution in [0.15, 0.2) is 66.7 Å². The van der Waals surface area contributed by atoms with E-state index in [2.05, 4.69) is 11.0 Å². The molecule has 0 unspecified atom stereocenters. The molecule has 0 aliphatic rings. The maximum absolute atomic E-state index is 13.5. The van der Waals surface area contributed by atoms with Crippen molar-refractivity contribution >= 4 is 11.9 Å². The third-order valence-corrected chi connectivity index (χ3v) is 5.71. The molecular weight excluding hydrogens is 452 g/mol. The lowest BCUT2D eigenvalue weighted by Gasteiger charge is -2.17. The number of hydrogen-bond acceptors (Lipinski definition) is 6. The Morgan fingerprint density at radius 2 is 1.53 bits per heavy atom. The van der Waals surface area contributed by atoms with Crippen LogP contribution in [-0.4, -0.2) is 71.1 Å². The zero-order chi connectivity index (χ0) is 26.1. The van der Waals surface area contributed by atoms with Crippen LogP contribution < -0.4 is 14.2 Å². The highest BCUT2D eigenvalue weighted by Gasteiger charge is 2.17. The molecule has 0 bridgehead atoms. The normalized spacial score (nSPS) is 11.3. The van der Waals surface area contributed by atoms with Gasteiger partial charge in [0.15, 0.2) is 5.78 Å². The van der Waals surface area contributed by atoms with E-state index in [1.165, 1.54) is 0 Å². The molecule has 0 aliphatic carbocycles. The number of methoxy groups -OCH3 is 2. The topological polar surface area (TPSA) is 51.2 Å². The van der Waals surface area contributed by atoms with Gasteiger partial charge in [-0.2, -0.15) is 0 Å². The van der Waals surface area contributed by atoms with E-state index in [4.69, 9.17) is 14.2 Å². The number of hydrogen-bond donors (Lipinski definition) is 0. The zero-order valence-electron chi connectivity index (χ0n) is 22.1. The van der Waals surface area contributed by atoms with Gasteiger partial charge in [0.05, 0.1) is 25.3 Å². The lowest BCUT2D eigenvalue weighted by Crippen LogP contribution is -2.20. The van der Waals surface area contributed by atoms with Gasteiger partial charge >= 0.3 is 0 Å². The van der Waals surface area contributed by atoms with Crippen LogP contribution >= 0.6 is 0 Å². The molecule has 6 heteroatoms. The highest BCUT2D eigenvalue weighted by atomic mass is 16.5. The van der Waals surface area contributed by atoms with Gasteiger partial charge in [-0.1, -0.05) is 42.5 Å². The van der Waals surface area contributed by atoms with Crippen molar-refractivity contribution in [3.8, 4) is 28.4 Å². The van der Waals surface area contributed by atoms with E-state index in [1.807, 2.05) is 93.8 Å². The molecule has 6 nitrogen and oxygen atoms in total. The number of carbonyl (C=O) groups excluding carboxylic acids is 1. The quantitative estimate of drug-likeness (QED) is 0.256. The Morgan fingerprint density at radius 1 is 0.833 bits per heavy atom. The monoisotopic (exact) mass is 488 g/mol. The summed E-state index contributed by atoms with van der Waals surface area (Å²) >= 11 is 0. The fraction of sp³-hybridized carbons (Fsp3) is 0.300. The molecule has 0 amide bonds. The SMILES string of the molecule is COc1cccc(OC)c1-c1ccc(OCCN(C)C)c(C(=O)C=Cc2ccccc2CN(C)C)c1. The molecule has 0 radical (unpaired) electrons. The molecule has 0 atom stereocenters. The van der Waals surface area contributed by atoms with Crippen molar-refractivity contribution in [1.82, 2.24) is 9.80 Å². The zero-order valence-corrected chi connectivity index (χ0v) is 22.1. The average molecular weight is 489 g/mol. The predicted molar refractivity (Wildman–Crippen MR) is 146 cm³/mol. The standard InChI is InChI=1S/C30H36N2O4/c1-31(2)18-19-36-27-17-15-23(30-28(34-5)12-9-13-29(30)35-6)20-25(27)26(33)16-14-22-10-7-8-11-24(22)21-32(3)4/h7-17,20H,18-19,21H2,1-6H3. The Morgan fingerprint density at radius 3 is 2.17 bits per heavy atom. The Labute approximate surface area is 214 Å². The minimum Gasteiger partial charge on any atom is -0.496 e. The molecule has 0 N–H and O–H groups in total. The summed E-state index contributed by atoms with van der Waals surface area (Å²) in [5, 5.41) is 0. The molecule has 0 fully saturated rings. The van der Waals surface area contributed by atoms with E-state index in [0.29, 0.717) is 29.4 Å². The minimum atomic E-state index is -0.134. The van der Waals surface area contributed by atoms with Gasteiger partial charge in [-0.05, 0) is 75.2 Å². The van der Waals surface area contributed by atoms with Crippen LogP contribution in [0.2, 0.25) is 0 Å². The van der Waals surface area contributed by atoms with E-state index in [9.17, 15) is 4.79 Å². The van der Waals surface area contributed by atoms with E-state index in [1.54, 1.807) is 20.3 Å². The fourth-order valence-corrected chi connectivity index (χ4v) is 3.91. The second-order valence-corrected chi connectivity index (χ2v) is 9.03. The lowest BCUT2D eigenvalue weighted by molar-refractivity contribution is 0.104. The van der Waals surface area contributed by atoms with E-state index in [-0.39, 0.29) is 5.78 Å². The van der Waals surface area contributed by atoms with Crippen molar-refractivity contribution in [2.75, 3.05) is 55.6 Å². The van der Waals surface area contributed by atoms with E-state index < -0.39 is 0 Å². The molecule has 3 aromatic rings. The fourth-order valence-electron chi connectivity index (χ4n) is 3.91. The van der Waals surface area contributed by atoms with Crippen LogP contribution in [0.3, 0.4) is 0 Å². The Hall–Kier alpha value is -3.61. The number of allylic oxidation sites excluding steroid dienone is 1. The minimum absolute atomic E-state index is 0.134. The van der Waals surface area contributed by atoms with Gasteiger partial charge in [0, 0.05) is 13.1 Å². The lowest BCUT2D eigenvalue weighted by atomic mass is 9.98. The molecule has 3 rings (SSSR count). The van der Waals surface area contributed by atoms with Gasteiger partial charge < -0.3 is 24.0 Å². The molecule has 36 heavy (non-hydrogen) atoms. The van der Waals surface area contributed by atoms with Crippen molar-refractivity contribution in [2.45, 2.75) is 6.54 Å². The molecule has 0 saturated carbocycles. The molecular formula is C30H36N2O4. The summed E-state index contributed by atoms with van der Waals surface area (Å²) in [5.74, 6) is 1.75. The van der Waals surface area contributed by atoms with Crippen molar-refractivity contribution in [3.05, 3.63) is 83.4 Å². The van der Waals surface area contributed by atoms with Crippen molar-refractivity contribution in [1.29, 1.82) is 0 Å². The van der Waals surface area contributed by atoms with Crippen LogP contribution in [0.25, 0.3) is 17.2 Å². The van der Waals surface area contributed by atoms with Crippen molar-refractivity contribution in [3.63, 3.8) is 0 Å². The first-order valence-electron chi connectivity index (χ1n) is 11.9. The second-order valence-electron chi connectivity index (χ2n) is 9.03. The number of ketones is 1. The second kappa shape index (κ2) is 12.9. The summed E-state index contributed by atoms with van der Waals surface area (Å²) in [5.41, 5.74) is 4.25. The van der Waals surface area contributed by atoms with E-state index in [0.717, 1.165) is 35.3 Å². The molecule has 190 valence electrons. The Balaban J connectivity index is 2.02. The predicted octanol–water partition coefficient (Wildman–Crippen LogP) is 5.27. The van der Waals surface area contributed by atoms with Gasteiger partial charge in [0.25, 0.3) is 0 Å². The number of rotatable bonds is 12. The first kappa shape index (κ1) is 27.0. The van der Waals surface area contributed by atoms with Gasteiger partial charge in [0.1, 0.15) is 23.9 Å².